The highest BCUT2D eigenvalue weighted by molar-refractivity contribution is 5.84. The van der Waals surface area contributed by atoms with Gasteiger partial charge in [0.1, 0.15) is 5.75 Å². The Labute approximate surface area is 150 Å². The lowest BCUT2D eigenvalue weighted by Gasteiger charge is -2.07. The molecule has 1 aromatic heterocycles. The standard InChI is InChI=1S/C22H28N2O/c23-14-13-19-17-24-22-12-11-20(16-21(19)22)25-15-7-2-1-4-8-18-9-5-3-6-10-18/h3,5-6,9-12,16-17,24H,1-2,4,7-8,13-15,23H2. The molecule has 25 heavy (non-hydrogen) atoms. The lowest BCUT2D eigenvalue weighted by Crippen LogP contribution is -2.02. The first-order chi connectivity index (χ1) is 12.4. The average Bonchev–Trinajstić information content (AvgIpc) is 3.04. The predicted molar refractivity (Wildman–Crippen MR) is 105 cm³/mol. The first-order valence-electron chi connectivity index (χ1n) is 9.33. The summed E-state index contributed by atoms with van der Waals surface area (Å²) in [4.78, 5) is 3.29. The molecule has 0 unspecified atom stereocenters. The van der Waals surface area contributed by atoms with Crippen molar-refractivity contribution in [3.05, 3.63) is 65.9 Å². The molecule has 1 heterocycles. The zero-order valence-corrected chi connectivity index (χ0v) is 14.8. The first kappa shape index (κ1) is 17.6. The van der Waals surface area contributed by atoms with Gasteiger partial charge in [0.15, 0.2) is 0 Å². The molecule has 0 amide bonds. The molecule has 3 aromatic rings. The molecule has 0 bridgehead atoms. The summed E-state index contributed by atoms with van der Waals surface area (Å²) < 4.78 is 5.94. The molecular weight excluding hydrogens is 308 g/mol. The van der Waals surface area contributed by atoms with Crippen molar-refractivity contribution in [2.45, 2.75) is 38.5 Å². The number of nitrogens with one attached hydrogen (secondary N) is 1. The van der Waals surface area contributed by atoms with Crippen LogP contribution in [0.2, 0.25) is 0 Å². The van der Waals surface area contributed by atoms with Crippen molar-refractivity contribution in [3.8, 4) is 5.75 Å². The maximum Gasteiger partial charge on any atom is 0.120 e. The molecule has 0 saturated heterocycles. The van der Waals surface area contributed by atoms with Gasteiger partial charge in [0, 0.05) is 17.1 Å². The lowest BCUT2D eigenvalue weighted by molar-refractivity contribution is 0.305. The van der Waals surface area contributed by atoms with E-state index in [9.17, 15) is 0 Å². The van der Waals surface area contributed by atoms with Crippen molar-refractivity contribution < 1.29 is 4.74 Å². The van der Waals surface area contributed by atoms with E-state index in [0.29, 0.717) is 6.54 Å². The van der Waals surface area contributed by atoms with Gasteiger partial charge in [-0.1, -0.05) is 43.2 Å². The van der Waals surface area contributed by atoms with E-state index in [1.165, 1.54) is 42.2 Å². The van der Waals surface area contributed by atoms with Crippen molar-refractivity contribution >= 4 is 10.9 Å². The number of H-pyrrole nitrogens is 1. The van der Waals surface area contributed by atoms with Crippen LogP contribution in [0.5, 0.6) is 5.75 Å². The second-order valence-electron chi connectivity index (χ2n) is 6.56. The van der Waals surface area contributed by atoms with Gasteiger partial charge in [-0.25, -0.2) is 0 Å². The van der Waals surface area contributed by atoms with Crippen LogP contribution in [0.4, 0.5) is 0 Å². The highest BCUT2D eigenvalue weighted by Crippen LogP contribution is 2.24. The van der Waals surface area contributed by atoms with Gasteiger partial charge >= 0.3 is 0 Å². The van der Waals surface area contributed by atoms with Gasteiger partial charge in [-0.15, -0.1) is 0 Å². The van der Waals surface area contributed by atoms with Crippen LogP contribution in [0.1, 0.15) is 36.8 Å². The molecule has 0 atom stereocenters. The van der Waals surface area contributed by atoms with Crippen molar-refractivity contribution in [2.75, 3.05) is 13.2 Å². The highest BCUT2D eigenvalue weighted by Gasteiger charge is 2.04. The molecule has 0 fully saturated rings. The van der Waals surface area contributed by atoms with Crippen LogP contribution in [0.15, 0.2) is 54.7 Å². The number of unbranched alkanes of at least 4 members (excludes halogenated alkanes) is 3. The number of aromatic amines is 1. The van der Waals surface area contributed by atoms with Gasteiger partial charge in [0.25, 0.3) is 0 Å². The zero-order chi connectivity index (χ0) is 17.3. The molecular formula is C22H28N2O. The summed E-state index contributed by atoms with van der Waals surface area (Å²) in [5.74, 6) is 0.953. The van der Waals surface area contributed by atoms with Crippen LogP contribution >= 0.6 is 0 Å². The molecule has 0 aliphatic heterocycles. The molecule has 3 rings (SSSR count). The van der Waals surface area contributed by atoms with E-state index in [2.05, 4.69) is 47.4 Å². The second kappa shape index (κ2) is 9.28. The molecule has 0 aliphatic rings. The molecule has 2 aromatic carbocycles. The van der Waals surface area contributed by atoms with Crippen molar-refractivity contribution in [1.82, 2.24) is 4.98 Å². The lowest BCUT2D eigenvalue weighted by atomic mass is 10.1. The minimum Gasteiger partial charge on any atom is -0.494 e. The van der Waals surface area contributed by atoms with E-state index in [4.69, 9.17) is 10.5 Å². The fraction of sp³-hybridized carbons (Fsp3) is 0.364. The molecule has 0 saturated carbocycles. The summed E-state index contributed by atoms with van der Waals surface area (Å²) in [5.41, 5.74) is 9.53. The van der Waals surface area contributed by atoms with Crippen molar-refractivity contribution in [3.63, 3.8) is 0 Å². The van der Waals surface area contributed by atoms with Crippen molar-refractivity contribution in [1.29, 1.82) is 0 Å². The number of ether oxygens (including phenoxy) is 1. The topological polar surface area (TPSA) is 51.0 Å². The first-order valence-corrected chi connectivity index (χ1v) is 9.33. The maximum absolute atomic E-state index is 5.94. The van der Waals surface area contributed by atoms with E-state index in [1.807, 2.05) is 12.3 Å². The summed E-state index contributed by atoms with van der Waals surface area (Å²) in [5, 5.41) is 1.23. The number of hydrogen-bond donors (Lipinski definition) is 2. The zero-order valence-electron chi connectivity index (χ0n) is 14.8. The third-order valence-corrected chi connectivity index (χ3v) is 4.62. The molecule has 0 aliphatic carbocycles. The minimum atomic E-state index is 0.668. The smallest absolute Gasteiger partial charge is 0.120 e. The monoisotopic (exact) mass is 336 g/mol. The van der Waals surface area contributed by atoms with Gasteiger partial charge in [-0.05, 0) is 61.6 Å². The van der Waals surface area contributed by atoms with Crippen LogP contribution in [0.3, 0.4) is 0 Å². The Bertz CT molecular complexity index is 764. The number of aromatic nitrogens is 1. The minimum absolute atomic E-state index is 0.668. The van der Waals surface area contributed by atoms with Gasteiger partial charge in [-0.2, -0.15) is 0 Å². The van der Waals surface area contributed by atoms with Crippen LogP contribution in [-0.2, 0) is 12.8 Å². The SMILES string of the molecule is NCCc1c[nH]c2ccc(OCCCCCCc3ccccc3)cc12. The second-order valence-corrected chi connectivity index (χ2v) is 6.56. The Hall–Kier alpha value is -2.26. The molecule has 0 spiro atoms. The van der Waals surface area contributed by atoms with Crippen LogP contribution in [-0.4, -0.2) is 18.1 Å². The van der Waals surface area contributed by atoms with E-state index < -0.39 is 0 Å². The number of nitrogens with two attached hydrogens (primary N) is 1. The summed E-state index contributed by atoms with van der Waals surface area (Å²) in [6.07, 6.45) is 8.96. The molecule has 3 heteroatoms. The van der Waals surface area contributed by atoms with E-state index >= 15 is 0 Å². The van der Waals surface area contributed by atoms with E-state index in [-0.39, 0.29) is 0 Å². The molecule has 3 N–H and O–H groups in total. The van der Waals surface area contributed by atoms with E-state index in [1.54, 1.807) is 0 Å². The summed E-state index contributed by atoms with van der Waals surface area (Å²) in [7, 11) is 0. The number of rotatable bonds is 10. The third kappa shape index (κ3) is 5.10. The predicted octanol–water partition coefficient (Wildman–Crippen LogP) is 4.85. The maximum atomic E-state index is 5.94. The van der Waals surface area contributed by atoms with Crippen LogP contribution < -0.4 is 10.5 Å². The van der Waals surface area contributed by atoms with Gasteiger partial charge in [0.2, 0.25) is 0 Å². The number of benzene rings is 2. The largest absolute Gasteiger partial charge is 0.494 e. The van der Waals surface area contributed by atoms with Crippen LogP contribution in [0, 0.1) is 0 Å². The summed E-state index contributed by atoms with van der Waals surface area (Å²) in [6, 6.07) is 17.0. The molecule has 0 radical (unpaired) electrons. The Morgan fingerprint density at radius 1 is 0.880 bits per heavy atom. The van der Waals surface area contributed by atoms with Crippen LogP contribution in [0.25, 0.3) is 10.9 Å². The van der Waals surface area contributed by atoms with E-state index in [0.717, 1.165) is 30.7 Å². The van der Waals surface area contributed by atoms with Gasteiger partial charge in [0.05, 0.1) is 6.61 Å². The Morgan fingerprint density at radius 2 is 1.72 bits per heavy atom. The quantitative estimate of drug-likeness (QED) is 0.520. The molecule has 132 valence electrons. The normalized spacial score (nSPS) is 11.1. The third-order valence-electron chi connectivity index (χ3n) is 4.62. The fourth-order valence-corrected chi connectivity index (χ4v) is 3.23. The highest BCUT2D eigenvalue weighted by atomic mass is 16.5. The number of aryl methyl sites for hydroxylation is 1. The Balaban J connectivity index is 1.37. The Kier molecular flexibility index (Phi) is 6.52. The van der Waals surface area contributed by atoms with Crippen molar-refractivity contribution in [2.24, 2.45) is 5.73 Å². The molecule has 3 nitrogen and oxygen atoms in total. The average molecular weight is 336 g/mol. The van der Waals surface area contributed by atoms with Gasteiger partial charge in [-0.3, -0.25) is 0 Å². The number of fused-ring (bicyclic) bond motifs is 1. The Morgan fingerprint density at radius 3 is 2.56 bits per heavy atom. The fourth-order valence-electron chi connectivity index (χ4n) is 3.23. The summed E-state index contributed by atoms with van der Waals surface area (Å²) in [6.45, 7) is 1.45. The summed E-state index contributed by atoms with van der Waals surface area (Å²) >= 11 is 0. The van der Waals surface area contributed by atoms with Gasteiger partial charge < -0.3 is 15.5 Å². The number of hydrogen-bond acceptors (Lipinski definition) is 2.